The maximum Gasteiger partial charge on any atom is 0.262 e. The van der Waals surface area contributed by atoms with E-state index in [0.29, 0.717) is 5.84 Å². The molecule has 1 N–H and O–H groups in total. The fourth-order valence-electron chi connectivity index (χ4n) is 1.57. The van der Waals surface area contributed by atoms with E-state index in [1.54, 1.807) is 18.5 Å². The molecule has 2 unspecified atom stereocenters. The lowest BCUT2D eigenvalue weighted by Gasteiger charge is -2.30. The topological polar surface area (TPSA) is 69.4 Å². The quantitative estimate of drug-likeness (QED) is 0.537. The van der Waals surface area contributed by atoms with Gasteiger partial charge in [-0.25, -0.2) is 9.98 Å². The number of hydrogen-bond donors (Lipinski definition) is 1. The van der Waals surface area contributed by atoms with Gasteiger partial charge in [-0.3, -0.25) is 14.7 Å². The summed E-state index contributed by atoms with van der Waals surface area (Å²) in [5.74, 6) is 0.498. The SMILES string of the molecule is O=C1C2N=CNC2=NC2N=CC=CN12. The third kappa shape index (κ3) is 0.847. The molecule has 0 fully saturated rings. The second-order valence-electron chi connectivity index (χ2n) is 3.07. The molecule has 0 saturated carbocycles. The molecule has 0 saturated heterocycles. The van der Waals surface area contributed by atoms with E-state index in [0.717, 1.165) is 0 Å². The van der Waals surface area contributed by atoms with Crippen LogP contribution >= 0.6 is 0 Å². The van der Waals surface area contributed by atoms with Crippen LogP contribution in [0.4, 0.5) is 0 Å². The number of allylic oxidation sites excluding steroid dienone is 1. The van der Waals surface area contributed by atoms with E-state index in [1.807, 2.05) is 0 Å². The molecule has 3 aliphatic heterocycles. The fourth-order valence-corrected chi connectivity index (χ4v) is 1.57. The minimum atomic E-state index is -0.496. The summed E-state index contributed by atoms with van der Waals surface area (Å²) in [6.07, 6.45) is 6.06. The van der Waals surface area contributed by atoms with Gasteiger partial charge in [-0.15, -0.1) is 0 Å². The number of nitrogens with one attached hydrogen (secondary N) is 1. The minimum Gasteiger partial charge on any atom is -0.333 e. The number of amides is 1. The zero-order valence-electron chi connectivity index (χ0n) is 7.16. The highest BCUT2D eigenvalue weighted by atomic mass is 16.2. The van der Waals surface area contributed by atoms with Crippen molar-refractivity contribution in [1.29, 1.82) is 0 Å². The van der Waals surface area contributed by atoms with Gasteiger partial charge in [-0.05, 0) is 6.08 Å². The lowest BCUT2D eigenvalue weighted by molar-refractivity contribution is -0.130. The molecule has 0 aliphatic carbocycles. The predicted molar refractivity (Wildman–Crippen MR) is 51.1 cm³/mol. The first-order chi connectivity index (χ1) is 6.86. The highest BCUT2D eigenvalue weighted by Gasteiger charge is 2.38. The Labute approximate surface area is 79.7 Å². The molecule has 70 valence electrons. The van der Waals surface area contributed by atoms with E-state index >= 15 is 0 Å². The summed E-state index contributed by atoms with van der Waals surface area (Å²) in [4.78, 5) is 25.6. The van der Waals surface area contributed by atoms with E-state index < -0.39 is 12.3 Å². The maximum atomic E-state index is 11.8. The van der Waals surface area contributed by atoms with Gasteiger partial charge in [0.2, 0.25) is 6.29 Å². The van der Waals surface area contributed by atoms with Crippen LogP contribution in [0.5, 0.6) is 0 Å². The van der Waals surface area contributed by atoms with Gasteiger partial charge in [0.15, 0.2) is 6.04 Å². The largest absolute Gasteiger partial charge is 0.333 e. The fraction of sp³-hybridized carbons (Fsp3) is 0.250. The van der Waals surface area contributed by atoms with Crippen molar-refractivity contribution in [2.45, 2.75) is 12.3 Å². The number of carbonyl (C=O) groups excluding carboxylic acids is 1. The highest BCUT2D eigenvalue weighted by molar-refractivity contribution is 6.15. The number of carbonyl (C=O) groups is 1. The molecule has 3 heterocycles. The van der Waals surface area contributed by atoms with Crippen molar-refractivity contribution in [3.8, 4) is 0 Å². The van der Waals surface area contributed by atoms with Crippen LogP contribution in [0.15, 0.2) is 27.3 Å². The predicted octanol–water partition coefficient (Wildman–Crippen LogP) is -0.891. The lowest BCUT2D eigenvalue weighted by Crippen LogP contribution is -2.50. The van der Waals surface area contributed by atoms with E-state index in [4.69, 9.17) is 0 Å². The smallest absolute Gasteiger partial charge is 0.262 e. The van der Waals surface area contributed by atoms with Crippen LogP contribution in [-0.4, -0.2) is 41.5 Å². The third-order valence-electron chi connectivity index (χ3n) is 2.24. The van der Waals surface area contributed by atoms with Crippen LogP contribution in [0.1, 0.15) is 0 Å². The molecule has 3 rings (SSSR count). The molecule has 6 heteroatoms. The van der Waals surface area contributed by atoms with Crippen LogP contribution < -0.4 is 5.32 Å². The molecule has 1 amide bonds. The molecular weight excluding hydrogens is 182 g/mol. The molecule has 0 aromatic rings. The second kappa shape index (κ2) is 2.50. The second-order valence-corrected chi connectivity index (χ2v) is 3.07. The zero-order valence-corrected chi connectivity index (χ0v) is 7.16. The molecule has 0 aromatic heterocycles. The van der Waals surface area contributed by atoms with Gasteiger partial charge in [0.1, 0.15) is 5.84 Å². The van der Waals surface area contributed by atoms with Gasteiger partial charge in [0.05, 0.1) is 6.34 Å². The molecule has 0 spiro atoms. The Morgan fingerprint density at radius 1 is 1.43 bits per heavy atom. The number of amidine groups is 1. The van der Waals surface area contributed by atoms with Gasteiger partial charge in [0, 0.05) is 12.4 Å². The summed E-state index contributed by atoms with van der Waals surface area (Å²) in [6.45, 7) is 0. The summed E-state index contributed by atoms with van der Waals surface area (Å²) in [5.41, 5.74) is 0. The van der Waals surface area contributed by atoms with Crippen molar-refractivity contribution in [2.24, 2.45) is 15.0 Å². The monoisotopic (exact) mass is 189 g/mol. The third-order valence-corrected chi connectivity index (χ3v) is 2.24. The average Bonchev–Trinajstić information content (AvgIpc) is 2.66. The van der Waals surface area contributed by atoms with Crippen LogP contribution in [0.25, 0.3) is 0 Å². The number of hydrogen-bond acceptors (Lipinski definition) is 5. The lowest BCUT2D eigenvalue weighted by atomic mass is 10.2. The van der Waals surface area contributed by atoms with Crippen molar-refractivity contribution in [3.63, 3.8) is 0 Å². The van der Waals surface area contributed by atoms with Crippen molar-refractivity contribution in [3.05, 3.63) is 12.3 Å². The minimum absolute atomic E-state index is 0.0886. The molecule has 6 nitrogen and oxygen atoms in total. The summed E-state index contributed by atoms with van der Waals surface area (Å²) >= 11 is 0. The highest BCUT2D eigenvalue weighted by Crippen LogP contribution is 2.18. The van der Waals surface area contributed by atoms with E-state index in [9.17, 15) is 4.79 Å². The Morgan fingerprint density at radius 3 is 3.29 bits per heavy atom. The van der Waals surface area contributed by atoms with Crippen LogP contribution in [-0.2, 0) is 4.79 Å². The first kappa shape index (κ1) is 7.43. The molecule has 0 radical (unpaired) electrons. The number of rotatable bonds is 0. The van der Waals surface area contributed by atoms with Crippen molar-refractivity contribution in [1.82, 2.24) is 10.2 Å². The zero-order chi connectivity index (χ0) is 9.54. The van der Waals surface area contributed by atoms with Gasteiger partial charge >= 0.3 is 0 Å². The molecule has 2 atom stereocenters. The van der Waals surface area contributed by atoms with Gasteiger partial charge in [-0.1, -0.05) is 0 Å². The van der Waals surface area contributed by atoms with Crippen LogP contribution in [0.3, 0.4) is 0 Å². The van der Waals surface area contributed by atoms with Gasteiger partial charge in [-0.2, -0.15) is 0 Å². The summed E-state index contributed by atoms with van der Waals surface area (Å²) in [6, 6.07) is -0.496. The molecular formula is C8H7N5O. The van der Waals surface area contributed by atoms with Crippen molar-refractivity contribution >= 4 is 24.3 Å². The summed E-state index contributed by atoms with van der Waals surface area (Å²) < 4.78 is 0. The average molecular weight is 189 g/mol. The van der Waals surface area contributed by atoms with Crippen LogP contribution in [0, 0.1) is 0 Å². The number of fused-ring (bicyclic) bond motifs is 2. The normalized spacial score (nSPS) is 32.4. The first-order valence-electron chi connectivity index (χ1n) is 4.24. The molecule has 3 aliphatic rings. The van der Waals surface area contributed by atoms with Gasteiger partial charge < -0.3 is 5.32 Å². The van der Waals surface area contributed by atoms with Crippen molar-refractivity contribution < 1.29 is 4.79 Å². The van der Waals surface area contributed by atoms with E-state index in [-0.39, 0.29) is 5.91 Å². The Balaban J connectivity index is 2.06. The number of nitrogens with zero attached hydrogens (tertiary/aromatic N) is 4. The molecule has 0 bridgehead atoms. The molecule has 0 aromatic carbocycles. The standard InChI is InChI=1S/C8H7N5O/c14-7-5-6(11-4-10-5)12-8-9-2-1-3-13(7)8/h1-5,8H,(H,10,11,12). The Bertz CT molecular complexity index is 408. The van der Waals surface area contributed by atoms with E-state index in [1.165, 1.54) is 11.2 Å². The first-order valence-corrected chi connectivity index (χ1v) is 4.24. The van der Waals surface area contributed by atoms with Crippen molar-refractivity contribution in [2.75, 3.05) is 0 Å². The maximum absolute atomic E-state index is 11.8. The molecule has 14 heavy (non-hydrogen) atoms. The Kier molecular flexibility index (Phi) is 1.33. The summed E-state index contributed by atoms with van der Waals surface area (Å²) in [5, 5.41) is 2.83. The Hall–Kier alpha value is -1.98. The Morgan fingerprint density at radius 2 is 2.36 bits per heavy atom. The summed E-state index contributed by atoms with van der Waals surface area (Å²) in [7, 11) is 0. The van der Waals surface area contributed by atoms with E-state index in [2.05, 4.69) is 20.3 Å². The van der Waals surface area contributed by atoms with Crippen LogP contribution in [0.2, 0.25) is 0 Å². The van der Waals surface area contributed by atoms with Gasteiger partial charge in [0.25, 0.3) is 5.91 Å². The number of aliphatic imine (C=N–C) groups is 3.